The Labute approximate surface area is 116 Å². The van der Waals surface area contributed by atoms with E-state index < -0.39 is 0 Å². The first kappa shape index (κ1) is 11.8. The van der Waals surface area contributed by atoms with Gasteiger partial charge in [-0.1, -0.05) is 0 Å². The maximum atomic E-state index is 12.2. The van der Waals surface area contributed by atoms with Crippen LogP contribution in [-0.4, -0.2) is 42.5 Å². The molecule has 3 heterocycles. The quantitative estimate of drug-likeness (QED) is 0.819. The highest BCUT2D eigenvalue weighted by atomic mass is 16.5. The van der Waals surface area contributed by atoms with Crippen molar-refractivity contribution < 1.29 is 9.53 Å². The SMILES string of the molecule is COc1ccc2[nH]c3c(c2c1)CCN1CCNC(=O)C31. The maximum Gasteiger partial charge on any atom is 0.243 e. The van der Waals surface area contributed by atoms with Crippen LogP contribution in [0.4, 0.5) is 0 Å². The molecule has 1 saturated heterocycles. The third kappa shape index (κ3) is 1.56. The molecular formula is C15H17N3O2. The van der Waals surface area contributed by atoms with E-state index in [1.807, 2.05) is 12.1 Å². The molecule has 1 fully saturated rings. The van der Waals surface area contributed by atoms with Gasteiger partial charge in [-0.05, 0) is 30.2 Å². The van der Waals surface area contributed by atoms with Crippen LogP contribution in [0.2, 0.25) is 0 Å². The Morgan fingerprint density at radius 2 is 2.25 bits per heavy atom. The van der Waals surface area contributed by atoms with Crippen LogP contribution < -0.4 is 10.1 Å². The van der Waals surface area contributed by atoms with Crippen LogP contribution in [0.3, 0.4) is 0 Å². The molecule has 2 aliphatic rings. The number of carbonyl (C=O) groups is 1. The number of nitrogens with one attached hydrogen (secondary N) is 2. The van der Waals surface area contributed by atoms with E-state index >= 15 is 0 Å². The van der Waals surface area contributed by atoms with Gasteiger partial charge in [0.05, 0.1) is 7.11 Å². The summed E-state index contributed by atoms with van der Waals surface area (Å²) in [6.07, 6.45) is 0.978. The minimum atomic E-state index is -0.161. The second-order valence-electron chi connectivity index (χ2n) is 5.41. The number of nitrogens with zero attached hydrogens (tertiary/aromatic N) is 1. The standard InChI is InChI=1S/C15H17N3O2/c1-20-9-2-3-12-11(8-9)10-4-6-18-7-5-16-15(19)14(18)13(10)17-12/h2-3,8,14,17H,4-7H2,1H3,(H,16,19). The maximum absolute atomic E-state index is 12.2. The molecule has 5 heteroatoms. The average Bonchev–Trinajstić information content (AvgIpc) is 2.84. The van der Waals surface area contributed by atoms with E-state index in [1.165, 1.54) is 10.9 Å². The van der Waals surface area contributed by atoms with E-state index in [0.29, 0.717) is 0 Å². The summed E-state index contributed by atoms with van der Waals surface area (Å²) in [5.74, 6) is 0.963. The monoisotopic (exact) mass is 271 g/mol. The van der Waals surface area contributed by atoms with Crippen molar-refractivity contribution in [3.05, 3.63) is 29.5 Å². The van der Waals surface area contributed by atoms with E-state index in [1.54, 1.807) is 7.11 Å². The highest BCUT2D eigenvalue weighted by Gasteiger charge is 2.37. The van der Waals surface area contributed by atoms with Gasteiger partial charge in [-0.3, -0.25) is 9.69 Å². The second-order valence-corrected chi connectivity index (χ2v) is 5.41. The molecule has 0 radical (unpaired) electrons. The number of aromatic nitrogens is 1. The first-order chi connectivity index (χ1) is 9.78. The summed E-state index contributed by atoms with van der Waals surface area (Å²) < 4.78 is 5.31. The lowest BCUT2D eigenvalue weighted by molar-refractivity contribution is -0.129. The first-order valence-corrected chi connectivity index (χ1v) is 6.98. The van der Waals surface area contributed by atoms with Crippen LogP contribution in [-0.2, 0) is 11.2 Å². The summed E-state index contributed by atoms with van der Waals surface area (Å²) in [5, 5.41) is 4.14. The molecule has 1 atom stereocenters. The number of fused-ring (bicyclic) bond motifs is 5. The lowest BCUT2D eigenvalue weighted by Crippen LogP contribution is -2.52. The van der Waals surface area contributed by atoms with Crippen molar-refractivity contribution in [1.82, 2.24) is 15.2 Å². The minimum Gasteiger partial charge on any atom is -0.497 e. The van der Waals surface area contributed by atoms with Crippen LogP contribution in [0, 0.1) is 0 Å². The molecule has 4 rings (SSSR count). The third-order valence-corrected chi connectivity index (χ3v) is 4.38. The number of hydrogen-bond donors (Lipinski definition) is 2. The number of ether oxygens (including phenoxy) is 1. The number of hydrogen-bond acceptors (Lipinski definition) is 3. The van der Waals surface area contributed by atoms with Crippen LogP contribution in [0.1, 0.15) is 17.3 Å². The average molecular weight is 271 g/mol. The Morgan fingerprint density at radius 3 is 3.10 bits per heavy atom. The van der Waals surface area contributed by atoms with Crippen molar-refractivity contribution in [1.29, 1.82) is 0 Å². The van der Waals surface area contributed by atoms with Gasteiger partial charge in [0.1, 0.15) is 11.8 Å². The van der Waals surface area contributed by atoms with Crippen LogP contribution in [0.5, 0.6) is 5.75 Å². The van der Waals surface area contributed by atoms with Crippen molar-refractivity contribution >= 4 is 16.8 Å². The molecule has 1 aromatic carbocycles. The lowest BCUT2D eigenvalue weighted by Gasteiger charge is -2.38. The molecule has 0 saturated carbocycles. The predicted molar refractivity (Wildman–Crippen MR) is 75.9 cm³/mol. The zero-order chi connectivity index (χ0) is 13.7. The van der Waals surface area contributed by atoms with Crippen molar-refractivity contribution in [2.45, 2.75) is 12.5 Å². The highest BCUT2D eigenvalue weighted by molar-refractivity contribution is 5.91. The van der Waals surface area contributed by atoms with Crippen LogP contribution >= 0.6 is 0 Å². The first-order valence-electron chi connectivity index (χ1n) is 6.98. The number of amides is 1. The summed E-state index contributed by atoms with van der Waals surface area (Å²) in [7, 11) is 1.68. The third-order valence-electron chi connectivity index (χ3n) is 4.38. The molecular weight excluding hydrogens is 254 g/mol. The zero-order valence-corrected chi connectivity index (χ0v) is 11.4. The number of aromatic amines is 1. The number of carbonyl (C=O) groups excluding carboxylic acids is 1. The summed E-state index contributed by atoms with van der Waals surface area (Å²) in [4.78, 5) is 17.9. The van der Waals surface area contributed by atoms with E-state index in [0.717, 1.165) is 43.0 Å². The predicted octanol–water partition coefficient (Wildman–Crippen LogP) is 1.21. The summed E-state index contributed by atoms with van der Waals surface area (Å²) >= 11 is 0. The number of rotatable bonds is 1. The van der Waals surface area contributed by atoms with Gasteiger partial charge in [-0.25, -0.2) is 0 Å². The van der Waals surface area contributed by atoms with Gasteiger partial charge in [0.25, 0.3) is 0 Å². The highest BCUT2D eigenvalue weighted by Crippen LogP contribution is 2.36. The topological polar surface area (TPSA) is 57.4 Å². The Bertz CT molecular complexity index is 692. The largest absolute Gasteiger partial charge is 0.497 e. The smallest absolute Gasteiger partial charge is 0.243 e. The van der Waals surface area contributed by atoms with Crippen LogP contribution in [0.15, 0.2) is 18.2 Å². The molecule has 0 spiro atoms. The number of H-pyrrole nitrogens is 1. The molecule has 104 valence electrons. The molecule has 0 bridgehead atoms. The number of benzene rings is 1. The second kappa shape index (κ2) is 4.24. The summed E-state index contributed by atoms with van der Waals surface area (Å²) in [5.41, 5.74) is 3.39. The molecule has 1 aromatic heterocycles. The Kier molecular flexibility index (Phi) is 2.50. The van der Waals surface area contributed by atoms with Gasteiger partial charge in [0.15, 0.2) is 0 Å². The van der Waals surface area contributed by atoms with E-state index in [9.17, 15) is 4.79 Å². The summed E-state index contributed by atoms with van der Waals surface area (Å²) in [6, 6.07) is 5.87. The van der Waals surface area contributed by atoms with E-state index in [-0.39, 0.29) is 11.9 Å². The normalized spacial score (nSPS) is 22.2. The number of piperazine rings is 1. The molecule has 1 amide bonds. The molecule has 5 nitrogen and oxygen atoms in total. The van der Waals surface area contributed by atoms with E-state index in [2.05, 4.69) is 21.3 Å². The fraction of sp³-hybridized carbons (Fsp3) is 0.400. The summed E-state index contributed by atoms with van der Waals surface area (Å²) in [6.45, 7) is 2.61. The zero-order valence-electron chi connectivity index (χ0n) is 11.4. The van der Waals surface area contributed by atoms with Gasteiger partial charge in [-0.15, -0.1) is 0 Å². The lowest BCUT2D eigenvalue weighted by atomic mass is 9.95. The van der Waals surface area contributed by atoms with Gasteiger partial charge in [0, 0.05) is 36.2 Å². The van der Waals surface area contributed by atoms with Crippen molar-refractivity contribution in [3.8, 4) is 5.75 Å². The van der Waals surface area contributed by atoms with Gasteiger partial charge in [0.2, 0.25) is 5.91 Å². The minimum absolute atomic E-state index is 0.107. The molecule has 2 aliphatic heterocycles. The molecule has 20 heavy (non-hydrogen) atoms. The molecule has 2 aromatic rings. The Balaban J connectivity index is 1.89. The molecule has 2 N–H and O–H groups in total. The van der Waals surface area contributed by atoms with Gasteiger partial charge < -0.3 is 15.0 Å². The van der Waals surface area contributed by atoms with Crippen molar-refractivity contribution in [2.24, 2.45) is 0 Å². The fourth-order valence-corrected chi connectivity index (χ4v) is 3.40. The van der Waals surface area contributed by atoms with Crippen molar-refractivity contribution in [2.75, 3.05) is 26.7 Å². The molecule has 0 aliphatic carbocycles. The van der Waals surface area contributed by atoms with Crippen molar-refractivity contribution in [3.63, 3.8) is 0 Å². The Hall–Kier alpha value is -2.01. The van der Waals surface area contributed by atoms with Gasteiger partial charge in [-0.2, -0.15) is 0 Å². The molecule has 1 unspecified atom stereocenters. The fourth-order valence-electron chi connectivity index (χ4n) is 3.40. The van der Waals surface area contributed by atoms with Crippen LogP contribution in [0.25, 0.3) is 10.9 Å². The van der Waals surface area contributed by atoms with Gasteiger partial charge >= 0.3 is 0 Å². The Morgan fingerprint density at radius 1 is 1.35 bits per heavy atom. The number of methoxy groups -OCH3 is 1. The van der Waals surface area contributed by atoms with E-state index in [4.69, 9.17) is 4.74 Å².